The minimum Gasteiger partial charge on any atom is -0.381 e. The number of alkyl halides is 3. The van der Waals surface area contributed by atoms with E-state index < -0.39 is 47.5 Å². The number of carbonyl (C=O) groups excluding carboxylic acids is 3. The summed E-state index contributed by atoms with van der Waals surface area (Å²) in [7, 11) is 1.61. The molecule has 45 heavy (non-hydrogen) atoms. The first-order chi connectivity index (χ1) is 21.6. The molecule has 1 saturated carbocycles. The summed E-state index contributed by atoms with van der Waals surface area (Å²) < 4.78 is 47.7. The topological polar surface area (TPSA) is 104 Å². The molecule has 0 bridgehead atoms. The minimum absolute atomic E-state index is 0.0144. The highest BCUT2D eigenvalue weighted by Gasteiger charge is 2.42. The SMILES string of the molecule is CN[C@@H](C)C(=O)N[C@H]1CN(C(=O)C2CCOCC2)c2cc(C(F)(F)F)ccc2N(Cc2c(C3CC3)cnc3ccccc23)C1=O. The van der Waals surface area contributed by atoms with E-state index >= 15 is 0 Å². The number of amides is 3. The Kier molecular flexibility index (Phi) is 8.53. The molecule has 2 N–H and O–H groups in total. The number of anilines is 2. The molecule has 3 aromatic rings. The summed E-state index contributed by atoms with van der Waals surface area (Å²) >= 11 is 0. The van der Waals surface area contributed by atoms with Gasteiger partial charge in [-0.05, 0) is 81.0 Å². The van der Waals surface area contributed by atoms with Crippen molar-refractivity contribution in [1.82, 2.24) is 15.6 Å². The number of benzene rings is 2. The largest absolute Gasteiger partial charge is 0.416 e. The van der Waals surface area contributed by atoms with Crippen molar-refractivity contribution in [3.8, 4) is 0 Å². The summed E-state index contributed by atoms with van der Waals surface area (Å²) in [4.78, 5) is 49.0. The van der Waals surface area contributed by atoms with Crippen molar-refractivity contribution >= 4 is 40.0 Å². The van der Waals surface area contributed by atoms with E-state index in [0.29, 0.717) is 26.1 Å². The van der Waals surface area contributed by atoms with Crippen LogP contribution in [0.25, 0.3) is 10.9 Å². The predicted octanol–water partition coefficient (Wildman–Crippen LogP) is 4.53. The lowest BCUT2D eigenvalue weighted by Crippen LogP contribution is -2.56. The summed E-state index contributed by atoms with van der Waals surface area (Å²) in [6.45, 7) is 2.05. The van der Waals surface area contributed by atoms with Gasteiger partial charge in [0.2, 0.25) is 11.8 Å². The number of nitrogens with one attached hydrogen (secondary N) is 2. The quantitative estimate of drug-likeness (QED) is 0.401. The third kappa shape index (κ3) is 6.26. The van der Waals surface area contributed by atoms with Gasteiger partial charge in [-0.1, -0.05) is 18.2 Å². The molecule has 2 aromatic carbocycles. The van der Waals surface area contributed by atoms with Gasteiger partial charge in [0.1, 0.15) is 6.04 Å². The molecule has 9 nitrogen and oxygen atoms in total. The number of rotatable bonds is 7. The number of nitrogens with zero attached hydrogens (tertiary/aromatic N) is 3. The van der Waals surface area contributed by atoms with Crippen LogP contribution in [0, 0.1) is 5.92 Å². The van der Waals surface area contributed by atoms with E-state index in [1.165, 1.54) is 15.9 Å². The molecule has 0 radical (unpaired) electrons. The normalized spacial score (nSPS) is 20.1. The van der Waals surface area contributed by atoms with Gasteiger partial charge in [-0.25, -0.2) is 0 Å². The van der Waals surface area contributed by atoms with Crippen LogP contribution in [0.2, 0.25) is 0 Å². The van der Waals surface area contributed by atoms with Gasteiger partial charge in [-0.15, -0.1) is 0 Å². The van der Waals surface area contributed by atoms with Crippen LogP contribution >= 0.6 is 0 Å². The van der Waals surface area contributed by atoms with Crippen molar-refractivity contribution in [3.63, 3.8) is 0 Å². The molecule has 2 atom stereocenters. The highest BCUT2D eigenvalue weighted by atomic mass is 19.4. The lowest BCUT2D eigenvalue weighted by atomic mass is 9.97. The first-order valence-electron chi connectivity index (χ1n) is 15.3. The number of halogens is 3. The lowest BCUT2D eigenvalue weighted by molar-refractivity contribution is -0.137. The Hall–Kier alpha value is -4.03. The first-order valence-corrected chi connectivity index (χ1v) is 15.3. The first kappa shape index (κ1) is 31.0. The number of ether oxygens (including phenoxy) is 1. The van der Waals surface area contributed by atoms with Crippen LogP contribution in [0.5, 0.6) is 0 Å². The lowest BCUT2D eigenvalue weighted by Gasteiger charge is -2.31. The Balaban J connectivity index is 1.51. The molecule has 3 aliphatic rings. The van der Waals surface area contributed by atoms with Crippen molar-refractivity contribution in [1.29, 1.82) is 0 Å². The number of likely N-dealkylation sites (N-methyl/N-ethyl adjacent to an activating group) is 1. The van der Waals surface area contributed by atoms with Gasteiger partial charge in [-0.2, -0.15) is 13.2 Å². The van der Waals surface area contributed by atoms with Gasteiger partial charge in [-0.3, -0.25) is 19.4 Å². The fourth-order valence-electron chi connectivity index (χ4n) is 6.18. The second-order valence-electron chi connectivity index (χ2n) is 12.0. The molecule has 0 unspecified atom stereocenters. The van der Waals surface area contributed by atoms with E-state index in [0.717, 1.165) is 47.0 Å². The van der Waals surface area contributed by atoms with E-state index in [4.69, 9.17) is 4.74 Å². The van der Waals surface area contributed by atoms with Gasteiger partial charge >= 0.3 is 6.18 Å². The second-order valence-corrected chi connectivity index (χ2v) is 12.0. The summed E-state index contributed by atoms with van der Waals surface area (Å²) in [5.74, 6) is -1.62. The average Bonchev–Trinajstić information content (AvgIpc) is 3.90. The van der Waals surface area contributed by atoms with Gasteiger partial charge in [0, 0.05) is 30.7 Å². The third-order valence-electron chi connectivity index (χ3n) is 9.05. The molecule has 1 saturated heterocycles. The fraction of sp³-hybridized carbons (Fsp3) is 0.455. The summed E-state index contributed by atoms with van der Waals surface area (Å²) in [5, 5.41) is 6.47. The molecule has 3 amide bonds. The molecular weight excluding hydrogens is 587 g/mol. The molecule has 1 aromatic heterocycles. The van der Waals surface area contributed by atoms with Crippen LogP contribution in [0.1, 0.15) is 55.2 Å². The molecule has 1 aliphatic carbocycles. The number of hydrogen-bond donors (Lipinski definition) is 2. The van der Waals surface area contributed by atoms with Crippen molar-refractivity contribution in [2.24, 2.45) is 5.92 Å². The highest BCUT2D eigenvalue weighted by molar-refractivity contribution is 6.09. The zero-order valence-electron chi connectivity index (χ0n) is 25.2. The average molecular weight is 624 g/mol. The highest BCUT2D eigenvalue weighted by Crippen LogP contribution is 2.45. The zero-order valence-corrected chi connectivity index (χ0v) is 25.2. The molecule has 3 heterocycles. The number of pyridine rings is 1. The maximum atomic E-state index is 14.5. The summed E-state index contributed by atoms with van der Waals surface area (Å²) in [6.07, 6.45) is -0.105. The minimum atomic E-state index is -4.68. The van der Waals surface area contributed by atoms with Crippen LogP contribution in [-0.4, -0.2) is 61.6 Å². The fourth-order valence-corrected chi connectivity index (χ4v) is 6.18. The van der Waals surface area contributed by atoms with Crippen LogP contribution in [0.4, 0.5) is 24.5 Å². The molecule has 6 rings (SSSR count). The van der Waals surface area contributed by atoms with Crippen molar-refractivity contribution in [2.45, 2.75) is 63.3 Å². The standard InChI is InChI=1S/C33H36F3N5O4/c1-19(37-2)30(42)39-27-18-41(31(43)21-11-13-45-14-12-21)29-15-22(33(34,35)36)9-10-28(29)40(32(27)44)17-25-23-5-3-4-6-26(23)38-16-24(25)20-7-8-20/h3-6,9-10,15-16,19-21,27,37H,7-8,11-14,17-18H2,1-2H3,(H,39,42)/t19-,27-/m0/s1. The maximum Gasteiger partial charge on any atom is 0.416 e. The monoisotopic (exact) mass is 623 g/mol. The van der Waals surface area contributed by atoms with Gasteiger partial charge < -0.3 is 25.2 Å². The van der Waals surface area contributed by atoms with E-state index in [-0.39, 0.29) is 30.4 Å². The molecule has 2 aliphatic heterocycles. The molecule has 238 valence electrons. The molecule has 12 heteroatoms. The Morgan fingerprint density at radius 1 is 1.07 bits per heavy atom. The summed E-state index contributed by atoms with van der Waals surface area (Å²) in [6, 6.07) is 8.83. The van der Waals surface area contributed by atoms with Crippen LogP contribution in [-0.2, 0) is 31.8 Å². The van der Waals surface area contributed by atoms with E-state index in [1.807, 2.05) is 30.5 Å². The Bertz CT molecular complexity index is 1620. The predicted molar refractivity (Wildman–Crippen MR) is 163 cm³/mol. The van der Waals surface area contributed by atoms with Crippen LogP contribution in [0.3, 0.4) is 0 Å². The molecule has 2 fully saturated rings. The summed E-state index contributed by atoms with van der Waals surface area (Å²) in [5.41, 5.74) is 1.79. The maximum absolute atomic E-state index is 14.5. The van der Waals surface area contributed by atoms with Crippen molar-refractivity contribution in [2.75, 3.05) is 36.6 Å². The number of aromatic nitrogens is 1. The number of para-hydroxylation sites is 1. The van der Waals surface area contributed by atoms with E-state index in [2.05, 4.69) is 15.6 Å². The second kappa shape index (κ2) is 12.4. The van der Waals surface area contributed by atoms with Crippen LogP contribution in [0.15, 0.2) is 48.7 Å². The Morgan fingerprint density at radius 3 is 2.49 bits per heavy atom. The van der Waals surface area contributed by atoms with Crippen molar-refractivity contribution in [3.05, 3.63) is 65.4 Å². The Labute approximate surface area is 259 Å². The van der Waals surface area contributed by atoms with Crippen molar-refractivity contribution < 1.29 is 32.3 Å². The van der Waals surface area contributed by atoms with Gasteiger partial charge in [0.05, 0.1) is 41.6 Å². The van der Waals surface area contributed by atoms with E-state index in [9.17, 15) is 27.6 Å². The third-order valence-corrected chi connectivity index (χ3v) is 9.05. The van der Waals surface area contributed by atoms with Gasteiger partial charge in [0.25, 0.3) is 5.91 Å². The molecule has 0 spiro atoms. The number of carbonyl (C=O) groups is 3. The van der Waals surface area contributed by atoms with E-state index in [1.54, 1.807) is 14.0 Å². The van der Waals surface area contributed by atoms with Gasteiger partial charge in [0.15, 0.2) is 0 Å². The number of fused-ring (bicyclic) bond motifs is 2. The molecular formula is C33H36F3N5O4. The van der Waals surface area contributed by atoms with Crippen LogP contribution < -0.4 is 20.4 Å². The Morgan fingerprint density at radius 2 is 1.80 bits per heavy atom. The zero-order chi connectivity index (χ0) is 31.9. The smallest absolute Gasteiger partial charge is 0.381 e. The number of hydrogen-bond acceptors (Lipinski definition) is 6.